The number of aliphatic hydroxyl groups excluding tert-OH is 1. The number of rotatable bonds is 2. The number of likely N-dealkylation sites (N-methyl/N-ethyl adjacent to an activating group) is 1. The number of aliphatic hydroxyl groups is 1. The van der Waals surface area contributed by atoms with Gasteiger partial charge in [-0.05, 0) is 12.1 Å². The molecule has 4 rings (SSSR count). The van der Waals surface area contributed by atoms with E-state index in [1.54, 1.807) is 0 Å². The van der Waals surface area contributed by atoms with E-state index in [9.17, 15) is 9.90 Å². The molecule has 120 valence electrons. The van der Waals surface area contributed by atoms with Crippen molar-refractivity contribution in [3.05, 3.63) is 42.2 Å². The standard InChI is InChI=1S/C16H18N4O3/c1-20-11-4-2-3-5-12(11)23-13-6-10(15(21)14(13)20)19-16(22)9-7-17-18-8-9/h2-5,7-8,10,13-15,21H,6H2,1H3,(H,17,18)(H,19,22)/t10-,13-,14-,15-/m1/s1. The summed E-state index contributed by atoms with van der Waals surface area (Å²) in [4.78, 5) is 14.2. The highest BCUT2D eigenvalue weighted by atomic mass is 16.5. The van der Waals surface area contributed by atoms with Crippen LogP contribution in [0.2, 0.25) is 0 Å². The Labute approximate surface area is 133 Å². The fourth-order valence-corrected chi connectivity index (χ4v) is 3.53. The highest BCUT2D eigenvalue weighted by molar-refractivity contribution is 5.93. The molecule has 2 aromatic rings. The van der Waals surface area contributed by atoms with Gasteiger partial charge in [0.15, 0.2) is 0 Å². The normalized spacial score (nSPS) is 28.7. The van der Waals surface area contributed by atoms with Crippen molar-refractivity contribution in [1.29, 1.82) is 0 Å². The number of para-hydroxylation sites is 2. The lowest BCUT2D eigenvalue weighted by Gasteiger charge is -2.39. The van der Waals surface area contributed by atoms with Gasteiger partial charge in [0, 0.05) is 19.7 Å². The molecule has 0 saturated heterocycles. The number of aromatic amines is 1. The van der Waals surface area contributed by atoms with Gasteiger partial charge in [-0.15, -0.1) is 0 Å². The SMILES string of the molecule is CN1c2ccccc2O[C@@H]2C[C@@H](NC(=O)c3cn[nH]c3)[C@@H](O)[C@@H]21. The average molecular weight is 314 g/mol. The Hall–Kier alpha value is -2.54. The molecule has 7 heteroatoms. The average Bonchev–Trinajstić information content (AvgIpc) is 3.17. The summed E-state index contributed by atoms with van der Waals surface area (Å²) in [7, 11) is 1.95. The fraction of sp³-hybridized carbons (Fsp3) is 0.375. The van der Waals surface area contributed by atoms with Crippen LogP contribution in [0.1, 0.15) is 16.8 Å². The van der Waals surface area contributed by atoms with Gasteiger partial charge in [-0.1, -0.05) is 12.1 Å². The minimum absolute atomic E-state index is 0.153. The first-order valence-corrected chi connectivity index (χ1v) is 7.61. The van der Waals surface area contributed by atoms with Crippen LogP contribution in [-0.2, 0) is 0 Å². The quantitative estimate of drug-likeness (QED) is 0.753. The molecule has 7 nitrogen and oxygen atoms in total. The molecule has 2 aliphatic rings. The molecule has 0 bridgehead atoms. The van der Waals surface area contributed by atoms with Crippen molar-refractivity contribution in [2.75, 3.05) is 11.9 Å². The van der Waals surface area contributed by atoms with Gasteiger partial charge >= 0.3 is 0 Å². The van der Waals surface area contributed by atoms with Gasteiger partial charge in [0.1, 0.15) is 11.9 Å². The van der Waals surface area contributed by atoms with Crippen molar-refractivity contribution >= 4 is 11.6 Å². The number of ether oxygens (including phenoxy) is 1. The topological polar surface area (TPSA) is 90.5 Å². The second-order valence-electron chi connectivity index (χ2n) is 6.02. The predicted octanol–water partition coefficient (Wildman–Crippen LogP) is 0.539. The first-order valence-electron chi connectivity index (χ1n) is 7.61. The predicted molar refractivity (Wildman–Crippen MR) is 83.5 cm³/mol. The van der Waals surface area contributed by atoms with Crippen LogP contribution < -0.4 is 15.0 Å². The number of H-pyrrole nitrogens is 1. The Bertz CT molecular complexity index is 718. The highest BCUT2D eigenvalue weighted by Gasteiger charge is 2.49. The lowest BCUT2D eigenvalue weighted by atomic mass is 10.1. The van der Waals surface area contributed by atoms with Crippen molar-refractivity contribution < 1.29 is 14.6 Å². The van der Waals surface area contributed by atoms with E-state index in [0.717, 1.165) is 11.4 Å². The number of carbonyl (C=O) groups is 1. The second kappa shape index (κ2) is 5.27. The molecule has 1 aromatic carbocycles. The monoisotopic (exact) mass is 314 g/mol. The Kier molecular flexibility index (Phi) is 3.23. The Morgan fingerprint density at radius 3 is 3.09 bits per heavy atom. The molecule has 0 spiro atoms. The molecule has 3 N–H and O–H groups in total. The van der Waals surface area contributed by atoms with Crippen LogP contribution in [0.15, 0.2) is 36.7 Å². The fourth-order valence-electron chi connectivity index (χ4n) is 3.53. The van der Waals surface area contributed by atoms with Gasteiger partial charge in [-0.25, -0.2) is 0 Å². The minimum Gasteiger partial charge on any atom is -0.486 e. The van der Waals surface area contributed by atoms with E-state index in [0.29, 0.717) is 12.0 Å². The Morgan fingerprint density at radius 1 is 1.48 bits per heavy atom. The van der Waals surface area contributed by atoms with Gasteiger partial charge in [0.25, 0.3) is 5.91 Å². The van der Waals surface area contributed by atoms with Crippen LogP contribution in [-0.4, -0.2) is 52.6 Å². The first-order chi connectivity index (χ1) is 11.1. The number of fused-ring (bicyclic) bond motifs is 2. The number of benzene rings is 1. The van der Waals surface area contributed by atoms with Gasteiger partial charge < -0.3 is 20.1 Å². The molecule has 2 heterocycles. The van der Waals surface area contributed by atoms with Crippen LogP contribution in [0, 0.1) is 0 Å². The van der Waals surface area contributed by atoms with Crippen LogP contribution in [0.3, 0.4) is 0 Å². The van der Waals surface area contributed by atoms with Crippen molar-refractivity contribution in [1.82, 2.24) is 15.5 Å². The molecule has 1 amide bonds. The highest BCUT2D eigenvalue weighted by Crippen LogP contribution is 2.40. The third kappa shape index (κ3) is 2.24. The summed E-state index contributed by atoms with van der Waals surface area (Å²) in [6, 6.07) is 7.22. The zero-order valence-electron chi connectivity index (χ0n) is 12.6. The van der Waals surface area contributed by atoms with Gasteiger partial charge in [-0.3, -0.25) is 9.89 Å². The third-order valence-electron chi connectivity index (χ3n) is 4.68. The van der Waals surface area contributed by atoms with E-state index in [2.05, 4.69) is 15.5 Å². The summed E-state index contributed by atoms with van der Waals surface area (Å²) in [5.41, 5.74) is 1.40. The lowest BCUT2D eigenvalue weighted by Crippen LogP contribution is -2.52. The number of hydrogen-bond acceptors (Lipinski definition) is 5. The molecular formula is C16H18N4O3. The number of aromatic nitrogens is 2. The van der Waals surface area contributed by atoms with E-state index in [1.165, 1.54) is 12.4 Å². The molecule has 1 saturated carbocycles. The van der Waals surface area contributed by atoms with Crippen LogP contribution in [0.25, 0.3) is 0 Å². The van der Waals surface area contributed by atoms with Crippen LogP contribution in [0.4, 0.5) is 5.69 Å². The van der Waals surface area contributed by atoms with E-state index in [-0.39, 0.29) is 24.1 Å². The number of nitrogens with zero attached hydrogens (tertiary/aromatic N) is 2. The number of anilines is 1. The summed E-state index contributed by atoms with van der Waals surface area (Å²) < 4.78 is 6.03. The number of carbonyl (C=O) groups excluding carboxylic acids is 1. The molecule has 1 fully saturated rings. The molecule has 1 aliphatic carbocycles. The van der Waals surface area contributed by atoms with Crippen molar-refractivity contribution in [2.45, 2.75) is 30.7 Å². The van der Waals surface area contributed by atoms with Gasteiger partial charge in [-0.2, -0.15) is 5.10 Å². The minimum atomic E-state index is -0.700. The number of amides is 1. The van der Waals surface area contributed by atoms with Crippen molar-refractivity contribution in [2.24, 2.45) is 0 Å². The molecule has 4 atom stereocenters. The third-order valence-corrected chi connectivity index (χ3v) is 4.68. The van der Waals surface area contributed by atoms with Crippen molar-refractivity contribution in [3.8, 4) is 5.75 Å². The van der Waals surface area contributed by atoms with Crippen LogP contribution in [0.5, 0.6) is 5.75 Å². The summed E-state index contributed by atoms with van der Waals surface area (Å²) >= 11 is 0. The summed E-state index contributed by atoms with van der Waals surface area (Å²) in [6.45, 7) is 0. The number of hydrogen-bond donors (Lipinski definition) is 3. The van der Waals surface area contributed by atoms with E-state index in [1.807, 2.05) is 36.2 Å². The van der Waals surface area contributed by atoms with Gasteiger partial charge in [0.2, 0.25) is 0 Å². The van der Waals surface area contributed by atoms with E-state index in [4.69, 9.17) is 4.74 Å². The smallest absolute Gasteiger partial charge is 0.254 e. The number of nitrogens with one attached hydrogen (secondary N) is 2. The molecular weight excluding hydrogens is 296 g/mol. The summed E-state index contributed by atoms with van der Waals surface area (Å²) in [6.07, 6.45) is 2.70. The first kappa shape index (κ1) is 14.1. The Morgan fingerprint density at radius 2 is 2.30 bits per heavy atom. The van der Waals surface area contributed by atoms with Gasteiger partial charge in [0.05, 0.1) is 35.6 Å². The summed E-state index contributed by atoms with van der Waals surface area (Å²) in [5, 5.41) is 19.9. The molecule has 1 aromatic heterocycles. The Balaban J connectivity index is 1.54. The molecule has 0 unspecified atom stereocenters. The van der Waals surface area contributed by atoms with Crippen LogP contribution >= 0.6 is 0 Å². The molecule has 1 aliphatic heterocycles. The molecule has 23 heavy (non-hydrogen) atoms. The van der Waals surface area contributed by atoms with E-state index < -0.39 is 6.10 Å². The maximum atomic E-state index is 12.2. The lowest BCUT2D eigenvalue weighted by molar-refractivity contribution is 0.0826. The van der Waals surface area contributed by atoms with Crippen molar-refractivity contribution in [3.63, 3.8) is 0 Å². The molecule has 0 radical (unpaired) electrons. The largest absolute Gasteiger partial charge is 0.486 e. The maximum Gasteiger partial charge on any atom is 0.254 e. The summed E-state index contributed by atoms with van der Waals surface area (Å²) in [5.74, 6) is 0.562. The maximum absolute atomic E-state index is 12.2. The van der Waals surface area contributed by atoms with E-state index >= 15 is 0 Å². The zero-order valence-corrected chi connectivity index (χ0v) is 12.6. The second-order valence-corrected chi connectivity index (χ2v) is 6.02. The zero-order chi connectivity index (χ0) is 16.0.